The average molecular weight is 322 g/mol. The van der Waals surface area contributed by atoms with Crippen LogP contribution in [0.4, 0.5) is 5.69 Å². The quantitative estimate of drug-likeness (QED) is 0.723. The highest BCUT2D eigenvalue weighted by Crippen LogP contribution is 2.25. The summed E-state index contributed by atoms with van der Waals surface area (Å²) in [6, 6.07) is 10.6. The molecule has 0 unspecified atom stereocenters. The number of carbonyl (C=O) groups is 1. The van der Waals surface area contributed by atoms with Crippen LogP contribution in [0.3, 0.4) is 0 Å². The number of pyridine rings is 1. The van der Waals surface area contributed by atoms with Crippen LogP contribution in [0.25, 0.3) is 5.82 Å². The Kier molecular flexibility index (Phi) is 4.29. The van der Waals surface area contributed by atoms with Gasteiger partial charge in [0.1, 0.15) is 5.75 Å². The zero-order chi connectivity index (χ0) is 17.1. The molecule has 0 aliphatic heterocycles. The topological polar surface area (TPSA) is 80.0 Å². The summed E-state index contributed by atoms with van der Waals surface area (Å²) in [5.74, 6) is 0.380. The van der Waals surface area contributed by atoms with Crippen LogP contribution in [0, 0.1) is 6.92 Å². The van der Waals surface area contributed by atoms with E-state index in [2.05, 4.69) is 15.4 Å². The molecule has 3 rings (SSSR count). The van der Waals surface area contributed by atoms with Crippen molar-refractivity contribution in [3.8, 4) is 11.6 Å². The van der Waals surface area contributed by atoms with Gasteiger partial charge < -0.3 is 10.4 Å². The first-order chi connectivity index (χ1) is 11.6. The maximum Gasteiger partial charge on any atom is 0.259 e. The molecule has 2 N–H and O–H groups in total. The highest BCUT2D eigenvalue weighted by atomic mass is 16.3. The van der Waals surface area contributed by atoms with Crippen molar-refractivity contribution in [2.75, 3.05) is 5.32 Å². The molecule has 6 heteroatoms. The first-order valence-electron chi connectivity index (χ1n) is 7.69. The van der Waals surface area contributed by atoms with Crippen LogP contribution < -0.4 is 5.32 Å². The van der Waals surface area contributed by atoms with Crippen LogP contribution in [0.15, 0.2) is 48.8 Å². The Morgan fingerprint density at radius 3 is 2.83 bits per heavy atom. The third kappa shape index (κ3) is 2.99. The van der Waals surface area contributed by atoms with Crippen molar-refractivity contribution in [1.82, 2.24) is 14.8 Å². The zero-order valence-electron chi connectivity index (χ0n) is 13.5. The number of hydrogen-bond donors (Lipinski definition) is 2. The summed E-state index contributed by atoms with van der Waals surface area (Å²) in [5, 5.41) is 16.9. The standard InChI is InChI=1S/C18H18N4O2/c1-3-15-13(11-20-22(15)17-6-4-5-9-19-17)18(24)21-14-10-12(2)7-8-16(14)23/h4-11,23H,3H2,1-2H3,(H,21,24). The number of hydrogen-bond acceptors (Lipinski definition) is 4. The lowest BCUT2D eigenvalue weighted by molar-refractivity contribution is 0.102. The molecular weight excluding hydrogens is 304 g/mol. The van der Waals surface area contributed by atoms with Crippen LogP contribution in [0.5, 0.6) is 5.75 Å². The number of carbonyl (C=O) groups excluding carboxylic acids is 1. The molecule has 0 spiro atoms. The van der Waals surface area contributed by atoms with Gasteiger partial charge in [-0.2, -0.15) is 5.10 Å². The Morgan fingerprint density at radius 2 is 2.12 bits per heavy atom. The van der Waals surface area contributed by atoms with Gasteiger partial charge in [0.15, 0.2) is 5.82 Å². The maximum atomic E-state index is 12.6. The van der Waals surface area contributed by atoms with E-state index in [-0.39, 0.29) is 11.7 Å². The number of benzene rings is 1. The van der Waals surface area contributed by atoms with Gasteiger partial charge in [-0.3, -0.25) is 4.79 Å². The van der Waals surface area contributed by atoms with Crippen molar-refractivity contribution in [2.24, 2.45) is 0 Å². The van der Waals surface area contributed by atoms with Crippen LogP contribution >= 0.6 is 0 Å². The van der Waals surface area contributed by atoms with Gasteiger partial charge in [0.25, 0.3) is 5.91 Å². The zero-order valence-corrected chi connectivity index (χ0v) is 13.5. The van der Waals surface area contributed by atoms with Crippen molar-refractivity contribution in [2.45, 2.75) is 20.3 Å². The number of phenols is 1. The highest BCUT2D eigenvalue weighted by molar-refractivity contribution is 6.05. The predicted molar refractivity (Wildman–Crippen MR) is 91.5 cm³/mol. The van der Waals surface area contributed by atoms with E-state index in [9.17, 15) is 9.90 Å². The summed E-state index contributed by atoms with van der Waals surface area (Å²) in [7, 11) is 0. The molecule has 0 saturated heterocycles. The monoisotopic (exact) mass is 322 g/mol. The van der Waals surface area contributed by atoms with Crippen LogP contribution in [0.2, 0.25) is 0 Å². The number of amides is 1. The molecule has 2 aromatic heterocycles. The van der Waals surface area contributed by atoms with Gasteiger partial charge in [0.2, 0.25) is 0 Å². The molecule has 2 heterocycles. The number of anilines is 1. The molecule has 0 atom stereocenters. The van der Waals surface area contributed by atoms with E-state index in [1.165, 1.54) is 6.20 Å². The van der Waals surface area contributed by atoms with Crippen LogP contribution in [-0.4, -0.2) is 25.8 Å². The van der Waals surface area contributed by atoms with E-state index >= 15 is 0 Å². The minimum absolute atomic E-state index is 0.0316. The molecule has 0 radical (unpaired) electrons. The molecule has 122 valence electrons. The van der Waals surface area contributed by atoms with Crippen LogP contribution in [0.1, 0.15) is 28.5 Å². The van der Waals surface area contributed by atoms with Gasteiger partial charge in [-0.25, -0.2) is 9.67 Å². The fraction of sp³-hybridized carbons (Fsp3) is 0.167. The van der Waals surface area contributed by atoms with E-state index in [0.29, 0.717) is 23.5 Å². The Bertz CT molecular complexity index is 872. The highest BCUT2D eigenvalue weighted by Gasteiger charge is 2.18. The van der Waals surface area contributed by atoms with Gasteiger partial charge in [-0.15, -0.1) is 0 Å². The van der Waals surface area contributed by atoms with Crippen molar-refractivity contribution < 1.29 is 9.90 Å². The Hall–Kier alpha value is -3.15. The number of aromatic hydroxyl groups is 1. The summed E-state index contributed by atoms with van der Waals surface area (Å²) < 4.78 is 1.66. The van der Waals surface area contributed by atoms with Crippen molar-refractivity contribution in [1.29, 1.82) is 0 Å². The fourth-order valence-electron chi connectivity index (χ4n) is 2.52. The number of nitrogens with zero attached hydrogens (tertiary/aromatic N) is 3. The summed E-state index contributed by atoms with van der Waals surface area (Å²) in [5.41, 5.74) is 2.55. The molecule has 6 nitrogen and oxygen atoms in total. The number of nitrogens with one attached hydrogen (secondary N) is 1. The maximum absolute atomic E-state index is 12.6. The summed E-state index contributed by atoms with van der Waals surface area (Å²) in [6.45, 7) is 3.85. The lowest BCUT2D eigenvalue weighted by Crippen LogP contribution is -2.14. The van der Waals surface area contributed by atoms with Gasteiger partial charge in [-0.05, 0) is 43.2 Å². The molecule has 3 aromatic rings. The summed E-state index contributed by atoms with van der Waals surface area (Å²) >= 11 is 0. The second kappa shape index (κ2) is 6.54. The molecule has 0 saturated carbocycles. The third-order valence-corrected chi connectivity index (χ3v) is 3.71. The number of phenolic OH excluding ortho intramolecular Hbond substituents is 1. The number of aromatic nitrogens is 3. The molecule has 1 amide bonds. The molecule has 0 aliphatic carbocycles. The van der Waals surface area contributed by atoms with Crippen molar-refractivity contribution >= 4 is 11.6 Å². The smallest absolute Gasteiger partial charge is 0.259 e. The molecule has 24 heavy (non-hydrogen) atoms. The van der Waals surface area contributed by atoms with Crippen molar-refractivity contribution in [3.05, 3.63) is 65.6 Å². The first kappa shape index (κ1) is 15.7. The first-order valence-corrected chi connectivity index (χ1v) is 7.69. The third-order valence-electron chi connectivity index (χ3n) is 3.71. The van der Waals surface area contributed by atoms with E-state index in [0.717, 1.165) is 11.3 Å². The molecule has 0 aliphatic rings. The van der Waals surface area contributed by atoms with Gasteiger partial charge >= 0.3 is 0 Å². The van der Waals surface area contributed by atoms with Gasteiger partial charge in [0.05, 0.1) is 23.1 Å². The lowest BCUT2D eigenvalue weighted by Gasteiger charge is -2.09. The summed E-state index contributed by atoms with van der Waals surface area (Å²) in [4.78, 5) is 16.9. The van der Waals surface area contributed by atoms with Gasteiger partial charge in [0, 0.05) is 6.20 Å². The molecule has 0 bridgehead atoms. The van der Waals surface area contributed by atoms with E-state index in [4.69, 9.17) is 0 Å². The predicted octanol–water partition coefficient (Wildman–Crippen LogP) is 3.10. The fourth-order valence-corrected chi connectivity index (χ4v) is 2.52. The summed E-state index contributed by atoms with van der Waals surface area (Å²) in [6.07, 6.45) is 3.83. The van der Waals surface area contributed by atoms with E-state index in [1.54, 1.807) is 29.1 Å². The normalized spacial score (nSPS) is 10.6. The Balaban J connectivity index is 1.93. The van der Waals surface area contributed by atoms with Crippen molar-refractivity contribution in [3.63, 3.8) is 0 Å². The molecule has 1 aromatic carbocycles. The SMILES string of the molecule is CCc1c(C(=O)Nc2cc(C)ccc2O)cnn1-c1ccccn1. The van der Waals surface area contributed by atoms with Gasteiger partial charge in [-0.1, -0.05) is 19.1 Å². The largest absolute Gasteiger partial charge is 0.506 e. The molecule has 0 fully saturated rings. The minimum atomic E-state index is -0.310. The number of aryl methyl sites for hydroxylation is 1. The number of rotatable bonds is 4. The Labute approximate surface area is 139 Å². The van der Waals surface area contributed by atoms with E-state index < -0.39 is 0 Å². The average Bonchev–Trinajstić information content (AvgIpc) is 3.03. The second-order valence-electron chi connectivity index (χ2n) is 5.43. The van der Waals surface area contributed by atoms with Crippen LogP contribution in [-0.2, 0) is 6.42 Å². The lowest BCUT2D eigenvalue weighted by atomic mass is 10.1. The minimum Gasteiger partial charge on any atom is -0.506 e. The molecular formula is C18H18N4O2. The van der Waals surface area contributed by atoms with E-state index in [1.807, 2.05) is 32.0 Å². The Morgan fingerprint density at radius 1 is 1.29 bits per heavy atom. The second-order valence-corrected chi connectivity index (χ2v) is 5.43.